The van der Waals surface area contributed by atoms with Gasteiger partial charge >= 0.3 is 0 Å². The van der Waals surface area contributed by atoms with Crippen molar-refractivity contribution in [3.8, 4) is 11.4 Å². The third-order valence-corrected chi connectivity index (χ3v) is 7.78. The monoisotopic (exact) mass is 536 g/mol. The van der Waals surface area contributed by atoms with Gasteiger partial charge in [-0.3, -0.25) is 9.78 Å². The van der Waals surface area contributed by atoms with E-state index in [1.807, 2.05) is 60.8 Å². The molecule has 206 valence electrons. The Bertz CT molecular complexity index is 1520. The van der Waals surface area contributed by atoms with Gasteiger partial charge in [-0.15, -0.1) is 0 Å². The SMILES string of the molecule is Cc1ccc(C(=O)NCc2cc3nc(-c4cccc(N5C[C@@H](C)O[C@@H](C)C5)n4)ccc3cn2)cc1[C@@H]1CCCN1. The van der Waals surface area contributed by atoms with E-state index in [0.717, 1.165) is 66.3 Å². The van der Waals surface area contributed by atoms with E-state index in [1.165, 1.54) is 11.1 Å². The van der Waals surface area contributed by atoms with Gasteiger partial charge in [-0.2, -0.15) is 0 Å². The molecule has 0 aliphatic carbocycles. The normalized spacial score (nSPS) is 21.1. The number of ether oxygens (including phenoxy) is 1. The predicted octanol–water partition coefficient (Wildman–Crippen LogP) is 4.97. The number of anilines is 1. The zero-order valence-electron chi connectivity index (χ0n) is 23.4. The maximum absolute atomic E-state index is 13.0. The molecule has 8 heteroatoms. The smallest absolute Gasteiger partial charge is 0.251 e. The summed E-state index contributed by atoms with van der Waals surface area (Å²) in [6.45, 7) is 9.27. The van der Waals surface area contributed by atoms with Gasteiger partial charge in [-0.25, -0.2) is 9.97 Å². The van der Waals surface area contributed by atoms with Gasteiger partial charge in [0.15, 0.2) is 0 Å². The number of fused-ring (bicyclic) bond motifs is 1. The minimum absolute atomic E-state index is 0.101. The lowest BCUT2D eigenvalue weighted by molar-refractivity contribution is -0.00545. The fraction of sp³-hybridized carbons (Fsp3) is 0.375. The summed E-state index contributed by atoms with van der Waals surface area (Å²) in [7, 11) is 0. The van der Waals surface area contributed by atoms with Crippen LogP contribution in [0.2, 0.25) is 0 Å². The van der Waals surface area contributed by atoms with E-state index in [0.29, 0.717) is 18.2 Å². The number of carbonyl (C=O) groups is 1. The second-order valence-corrected chi connectivity index (χ2v) is 11.0. The number of morpholine rings is 1. The number of nitrogens with zero attached hydrogens (tertiary/aromatic N) is 4. The Hall–Kier alpha value is -3.88. The van der Waals surface area contributed by atoms with Crippen molar-refractivity contribution in [2.45, 2.75) is 58.4 Å². The number of rotatable bonds is 6. The highest BCUT2D eigenvalue weighted by Gasteiger charge is 2.23. The fourth-order valence-corrected chi connectivity index (χ4v) is 5.78. The second kappa shape index (κ2) is 11.3. The molecule has 2 N–H and O–H groups in total. The van der Waals surface area contributed by atoms with Crippen LogP contribution in [0.15, 0.2) is 60.8 Å². The van der Waals surface area contributed by atoms with Crippen molar-refractivity contribution in [2.24, 2.45) is 0 Å². The highest BCUT2D eigenvalue weighted by Crippen LogP contribution is 2.27. The van der Waals surface area contributed by atoms with Crippen LogP contribution in [-0.2, 0) is 11.3 Å². The lowest BCUT2D eigenvalue weighted by Gasteiger charge is -2.36. The molecule has 1 aromatic carbocycles. The molecule has 2 saturated heterocycles. The summed E-state index contributed by atoms with van der Waals surface area (Å²) in [6, 6.07) is 18.3. The number of amides is 1. The molecular weight excluding hydrogens is 500 g/mol. The van der Waals surface area contributed by atoms with Crippen LogP contribution in [0.1, 0.15) is 59.9 Å². The summed E-state index contributed by atoms with van der Waals surface area (Å²) in [4.78, 5) is 29.7. The van der Waals surface area contributed by atoms with Gasteiger partial charge in [0.1, 0.15) is 5.82 Å². The number of pyridine rings is 3. The number of aryl methyl sites for hydroxylation is 1. The first-order chi connectivity index (χ1) is 19.4. The Kier molecular flexibility index (Phi) is 7.45. The fourth-order valence-electron chi connectivity index (χ4n) is 5.78. The number of hydrogen-bond acceptors (Lipinski definition) is 7. The zero-order chi connectivity index (χ0) is 27.6. The number of carbonyl (C=O) groups excluding carboxylic acids is 1. The second-order valence-electron chi connectivity index (χ2n) is 11.0. The summed E-state index contributed by atoms with van der Waals surface area (Å²) >= 11 is 0. The maximum atomic E-state index is 13.0. The Balaban J connectivity index is 1.18. The number of hydrogen-bond donors (Lipinski definition) is 2. The lowest BCUT2D eigenvalue weighted by atomic mass is 9.97. The maximum Gasteiger partial charge on any atom is 0.251 e. The van der Waals surface area contributed by atoms with Crippen LogP contribution in [0.3, 0.4) is 0 Å². The summed E-state index contributed by atoms with van der Waals surface area (Å²) < 4.78 is 5.89. The van der Waals surface area contributed by atoms with E-state index in [9.17, 15) is 4.79 Å². The van der Waals surface area contributed by atoms with E-state index in [1.54, 1.807) is 0 Å². The molecule has 0 unspecified atom stereocenters. The van der Waals surface area contributed by atoms with Crippen molar-refractivity contribution >= 4 is 22.6 Å². The molecule has 0 saturated carbocycles. The molecule has 3 aromatic heterocycles. The van der Waals surface area contributed by atoms with E-state index in [2.05, 4.69) is 41.3 Å². The largest absolute Gasteiger partial charge is 0.372 e. The molecule has 0 bridgehead atoms. The summed E-state index contributed by atoms with van der Waals surface area (Å²) in [5.41, 5.74) is 6.30. The molecule has 4 aromatic rings. The van der Waals surface area contributed by atoms with Gasteiger partial charge in [-0.05, 0) is 93.7 Å². The number of nitrogens with one attached hydrogen (secondary N) is 2. The topological polar surface area (TPSA) is 92.3 Å². The Morgan fingerprint density at radius 2 is 1.88 bits per heavy atom. The van der Waals surface area contributed by atoms with Gasteiger partial charge in [0.25, 0.3) is 5.91 Å². The Labute approximate surface area is 235 Å². The number of benzene rings is 1. The van der Waals surface area contributed by atoms with Crippen molar-refractivity contribution < 1.29 is 9.53 Å². The minimum atomic E-state index is -0.101. The predicted molar refractivity (Wildman–Crippen MR) is 157 cm³/mol. The van der Waals surface area contributed by atoms with E-state index in [4.69, 9.17) is 14.7 Å². The standard InChI is InChI=1S/C32H36N6O2/c1-20-9-10-23(14-26(20)27-7-5-13-33-27)32(39)35-17-25-15-30-24(16-34-25)11-12-29(36-30)28-6-4-8-31(37-28)38-18-21(2)40-22(3)19-38/h4,6,8-12,14-16,21-22,27,33H,5,7,13,17-19H2,1-3H3,(H,35,39)/t21-,22+,27-/m0/s1. The van der Waals surface area contributed by atoms with Gasteiger partial charge in [0.2, 0.25) is 0 Å². The average molecular weight is 537 g/mol. The molecule has 8 nitrogen and oxygen atoms in total. The third-order valence-electron chi connectivity index (χ3n) is 7.78. The van der Waals surface area contributed by atoms with Crippen LogP contribution >= 0.6 is 0 Å². The van der Waals surface area contributed by atoms with Crippen LogP contribution < -0.4 is 15.5 Å². The van der Waals surface area contributed by atoms with Crippen molar-refractivity contribution in [1.82, 2.24) is 25.6 Å². The van der Waals surface area contributed by atoms with Crippen LogP contribution in [0.25, 0.3) is 22.3 Å². The third kappa shape index (κ3) is 5.69. The highest BCUT2D eigenvalue weighted by atomic mass is 16.5. The Morgan fingerprint density at radius 3 is 2.67 bits per heavy atom. The molecule has 5 heterocycles. The first-order valence-corrected chi connectivity index (χ1v) is 14.2. The van der Waals surface area contributed by atoms with Crippen molar-refractivity contribution in [3.05, 3.63) is 83.2 Å². The van der Waals surface area contributed by atoms with Crippen LogP contribution in [0.5, 0.6) is 0 Å². The molecule has 2 fully saturated rings. The summed E-state index contributed by atoms with van der Waals surface area (Å²) in [6.07, 6.45) is 4.41. The van der Waals surface area contributed by atoms with E-state index in [-0.39, 0.29) is 18.1 Å². The van der Waals surface area contributed by atoms with E-state index < -0.39 is 0 Å². The highest BCUT2D eigenvalue weighted by molar-refractivity contribution is 5.94. The molecule has 1 amide bonds. The van der Waals surface area contributed by atoms with Crippen molar-refractivity contribution in [2.75, 3.05) is 24.5 Å². The van der Waals surface area contributed by atoms with Gasteiger partial charge in [0.05, 0.1) is 41.4 Å². The van der Waals surface area contributed by atoms with E-state index >= 15 is 0 Å². The van der Waals surface area contributed by atoms with Crippen LogP contribution in [-0.4, -0.2) is 52.7 Å². The number of aromatic nitrogens is 3. The van der Waals surface area contributed by atoms with Crippen molar-refractivity contribution in [1.29, 1.82) is 0 Å². The van der Waals surface area contributed by atoms with Crippen LogP contribution in [0, 0.1) is 6.92 Å². The average Bonchev–Trinajstić information content (AvgIpc) is 3.50. The molecule has 2 aliphatic rings. The zero-order valence-corrected chi connectivity index (χ0v) is 23.4. The van der Waals surface area contributed by atoms with Gasteiger partial charge in [0, 0.05) is 36.3 Å². The quantitative estimate of drug-likeness (QED) is 0.360. The molecule has 0 spiro atoms. The summed E-state index contributed by atoms with van der Waals surface area (Å²) in [5, 5.41) is 7.51. The first kappa shape index (κ1) is 26.3. The molecule has 6 rings (SSSR count). The molecule has 2 aliphatic heterocycles. The molecule has 40 heavy (non-hydrogen) atoms. The molecular formula is C32H36N6O2. The van der Waals surface area contributed by atoms with Gasteiger partial charge < -0.3 is 20.3 Å². The minimum Gasteiger partial charge on any atom is -0.372 e. The van der Waals surface area contributed by atoms with Gasteiger partial charge in [-0.1, -0.05) is 12.1 Å². The molecule has 3 atom stereocenters. The van der Waals surface area contributed by atoms with Crippen LogP contribution in [0.4, 0.5) is 5.82 Å². The molecule has 0 radical (unpaired) electrons. The lowest BCUT2D eigenvalue weighted by Crippen LogP contribution is -2.45. The Morgan fingerprint density at radius 1 is 1.05 bits per heavy atom. The summed E-state index contributed by atoms with van der Waals surface area (Å²) in [5.74, 6) is 0.832. The first-order valence-electron chi connectivity index (χ1n) is 14.2. The van der Waals surface area contributed by atoms with Crippen molar-refractivity contribution in [3.63, 3.8) is 0 Å².